The Balaban J connectivity index is 2.58. The van der Waals surface area contributed by atoms with Crippen LogP contribution in [0.15, 0.2) is 53.4 Å². The van der Waals surface area contributed by atoms with Crippen molar-refractivity contribution < 1.29 is 0 Å². The van der Waals surface area contributed by atoms with Gasteiger partial charge < -0.3 is 5.73 Å². The number of nitrogens with two attached hydrogens (primary N) is 1. The molecule has 76 valence electrons. The van der Waals surface area contributed by atoms with Crippen molar-refractivity contribution in [2.45, 2.75) is 4.90 Å². The van der Waals surface area contributed by atoms with Gasteiger partial charge >= 0.3 is 0 Å². The molecule has 0 bridgehead atoms. The van der Waals surface area contributed by atoms with Crippen molar-refractivity contribution >= 4 is 17.4 Å². The SMILES string of the molecule is CSc1c(N)cccc1-c1ccccc1. The summed E-state index contributed by atoms with van der Waals surface area (Å²) >= 11 is 1.69. The van der Waals surface area contributed by atoms with Gasteiger partial charge in [0.1, 0.15) is 0 Å². The highest BCUT2D eigenvalue weighted by Gasteiger charge is 2.06. The largest absolute Gasteiger partial charge is 0.398 e. The Morgan fingerprint density at radius 1 is 0.933 bits per heavy atom. The number of thioether (sulfide) groups is 1. The first-order valence-electron chi connectivity index (χ1n) is 4.81. The lowest BCUT2D eigenvalue weighted by Crippen LogP contribution is -1.90. The highest BCUT2D eigenvalue weighted by molar-refractivity contribution is 7.98. The van der Waals surface area contributed by atoms with Crippen LogP contribution in [0, 0.1) is 0 Å². The molecule has 0 amide bonds. The van der Waals surface area contributed by atoms with Crippen LogP contribution in [0.1, 0.15) is 0 Å². The molecule has 2 rings (SSSR count). The summed E-state index contributed by atoms with van der Waals surface area (Å²) in [4.78, 5) is 1.16. The van der Waals surface area contributed by atoms with Gasteiger partial charge in [-0.1, -0.05) is 42.5 Å². The van der Waals surface area contributed by atoms with Crippen molar-refractivity contribution in [2.75, 3.05) is 12.0 Å². The second-order valence-corrected chi connectivity index (χ2v) is 4.11. The standard InChI is InChI=1S/C13H13NS/c1-15-13-11(8-5-9-12(13)14)10-6-3-2-4-7-10/h2-9H,14H2,1H3. The Labute approximate surface area is 94.3 Å². The molecule has 0 saturated heterocycles. The van der Waals surface area contributed by atoms with Gasteiger partial charge in [-0.2, -0.15) is 0 Å². The van der Waals surface area contributed by atoms with Crippen LogP contribution in [-0.4, -0.2) is 6.26 Å². The molecule has 15 heavy (non-hydrogen) atoms. The van der Waals surface area contributed by atoms with Crippen LogP contribution in [-0.2, 0) is 0 Å². The van der Waals surface area contributed by atoms with Crippen LogP contribution in [0.5, 0.6) is 0 Å². The molecule has 0 aliphatic heterocycles. The first-order valence-corrected chi connectivity index (χ1v) is 6.03. The van der Waals surface area contributed by atoms with Gasteiger partial charge in [-0.15, -0.1) is 11.8 Å². The van der Waals surface area contributed by atoms with Crippen LogP contribution in [0.3, 0.4) is 0 Å². The van der Waals surface area contributed by atoms with Gasteiger partial charge in [0.15, 0.2) is 0 Å². The minimum absolute atomic E-state index is 0.851. The van der Waals surface area contributed by atoms with Crippen LogP contribution in [0.4, 0.5) is 5.69 Å². The van der Waals surface area contributed by atoms with E-state index >= 15 is 0 Å². The lowest BCUT2D eigenvalue weighted by molar-refractivity contribution is 1.45. The summed E-state index contributed by atoms with van der Waals surface area (Å²) < 4.78 is 0. The molecule has 0 saturated carbocycles. The summed E-state index contributed by atoms with van der Waals surface area (Å²) in [6.07, 6.45) is 2.05. The van der Waals surface area contributed by atoms with E-state index in [-0.39, 0.29) is 0 Å². The van der Waals surface area contributed by atoms with Crippen molar-refractivity contribution in [1.82, 2.24) is 0 Å². The van der Waals surface area contributed by atoms with E-state index in [0.717, 1.165) is 10.6 Å². The molecule has 2 N–H and O–H groups in total. The molecule has 0 radical (unpaired) electrons. The average molecular weight is 215 g/mol. The maximum absolute atomic E-state index is 5.95. The monoisotopic (exact) mass is 215 g/mol. The van der Waals surface area contributed by atoms with Gasteiger partial charge in [-0.25, -0.2) is 0 Å². The number of rotatable bonds is 2. The summed E-state index contributed by atoms with van der Waals surface area (Å²) in [7, 11) is 0. The molecule has 2 aromatic rings. The van der Waals surface area contributed by atoms with Crippen LogP contribution in [0.2, 0.25) is 0 Å². The third-order valence-corrected chi connectivity index (χ3v) is 3.20. The smallest absolute Gasteiger partial charge is 0.0458 e. The second-order valence-electron chi connectivity index (χ2n) is 3.29. The van der Waals surface area contributed by atoms with Gasteiger partial charge in [-0.05, 0) is 23.4 Å². The van der Waals surface area contributed by atoms with E-state index in [4.69, 9.17) is 5.73 Å². The molecule has 0 spiro atoms. The van der Waals surface area contributed by atoms with Crippen molar-refractivity contribution in [2.24, 2.45) is 0 Å². The normalized spacial score (nSPS) is 10.2. The lowest BCUT2D eigenvalue weighted by atomic mass is 10.1. The van der Waals surface area contributed by atoms with E-state index in [1.807, 2.05) is 30.3 Å². The van der Waals surface area contributed by atoms with Crippen LogP contribution in [0.25, 0.3) is 11.1 Å². The summed E-state index contributed by atoms with van der Waals surface area (Å²) in [5, 5.41) is 0. The van der Waals surface area contributed by atoms with Crippen molar-refractivity contribution in [3.63, 3.8) is 0 Å². The Bertz CT molecular complexity index is 451. The first kappa shape index (κ1) is 10.1. The molecule has 2 heteroatoms. The minimum atomic E-state index is 0.851. The molecule has 0 fully saturated rings. The van der Waals surface area contributed by atoms with Crippen molar-refractivity contribution in [1.29, 1.82) is 0 Å². The van der Waals surface area contributed by atoms with E-state index in [9.17, 15) is 0 Å². The highest BCUT2D eigenvalue weighted by atomic mass is 32.2. The van der Waals surface area contributed by atoms with Gasteiger partial charge in [0.05, 0.1) is 0 Å². The predicted octanol–water partition coefficient (Wildman–Crippen LogP) is 3.66. The number of benzene rings is 2. The fraction of sp³-hybridized carbons (Fsp3) is 0.0769. The van der Waals surface area contributed by atoms with E-state index in [2.05, 4.69) is 24.5 Å². The number of hydrogen-bond acceptors (Lipinski definition) is 2. The Morgan fingerprint density at radius 3 is 2.33 bits per heavy atom. The summed E-state index contributed by atoms with van der Waals surface area (Å²) in [6, 6.07) is 16.4. The summed E-state index contributed by atoms with van der Waals surface area (Å²) in [5.74, 6) is 0. The molecule has 0 aliphatic carbocycles. The topological polar surface area (TPSA) is 26.0 Å². The predicted molar refractivity (Wildman–Crippen MR) is 68.1 cm³/mol. The molecule has 1 nitrogen and oxygen atoms in total. The molecule has 0 aromatic heterocycles. The zero-order chi connectivity index (χ0) is 10.7. The fourth-order valence-corrected chi connectivity index (χ4v) is 2.34. The highest BCUT2D eigenvalue weighted by Crippen LogP contribution is 2.34. The fourth-order valence-electron chi connectivity index (χ4n) is 1.63. The number of anilines is 1. The van der Waals surface area contributed by atoms with Crippen molar-refractivity contribution in [3.8, 4) is 11.1 Å². The first-order chi connectivity index (χ1) is 7.33. The zero-order valence-electron chi connectivity index (χ0n) is 8.60. The maximum Gasteiger partial charge on any atom is 0.0458 e. The lowest BCUT2D eigenvalue weighted by Gasteiger charge is -2.09. The number of nitrogen functional groups attached to an aromatic ring is 1. The van der Waals surface area contributed by atoms with Gasteiger partial charge in [0, 0.05) is 10.6 Å². The molecule has 0 unspecified atom stereocenters. The zero-order valence-corrected chi connectivity index (χ0v) is 9.42. The molecule has 0 atom stereocenters. The Hall–Kier alpha value is -1.41. The van der Waals surface area contributed by atoms with E-state index in [0.29, 0.717) is 0 Å². The van der Waals surface area contributed by atoms with Crippen molar-refractivity contribution in [3.05, 3.63) is 48.5 Å². The Kier molecular flexibility index (Phi) is 2.97. The van der Waals surface area contributed by atoms with Gasteiger partial charge in [0.2, 0.25) is 0 Å². The third kappa shape index (κ3) is 2.00. The van der Waals surface area contributed by atoms with E-state index < -0.39 is 0 Å². The van der Waals surface area contributed by atoms with Crippen LogP contribution >= 0.6 is 11.8 Å². The molecule has 0 aliphatic rings. The van der Waals surface area contributed by atoms with Gasteiger partial charge in [-0.3, -0.25) is 0 Å². The quantitative estimate of drug-likeness (QED) is 0.611. The van der Waals surface area contributed by atoms with Crippen LogP contribution < -0.4 is 5.73 Å². The second kappa shape index (κ2) is 4.41. The van der Waals surface area contributed by atoms with E-state index in [1.54, 1.807) is 11.8 Å². The molecule has 2 aromatic carbocycles. The van der Waals surface area contributed by atoms with Gasteiger partial charge in [0.25, 0.3) is 0 Å². The number of hydrogen-bond donors (Lipinski definition) is 1. The molecular weight excluding hydrogens is 202 g/mol. The summed E-state index contributed by atoms with van der Waals surface area (Å²) in [6.45, 7) is 0. The molecule has 0 heterocycles. The average Bonchev–Trinajstić information content (AvgIpc) is 2.30. The minimum Gasteiger partial charge on any atom is -0.398 e. The summed E-state index contributed by atoms with van der Waals surface area (Å²) in [5.41, 5.74) is 9.23. The maximum atomic E-state index is 5.95. The van der Waals surface area contributed by atoms with E-state index in [1.165, 1.54) is 11.1 Å². The molecular formula is C13H13NS. The Morgan fingerprint density at radius 2 is 1.67 bits per heavy atom. The third-order valence-electron chi connectivity index (χ3n) is 2.33.